The maximum absolute atomic E-state index is 9.02. The third-order valence-electron chi connectivity index (χ3n) is 2.51. The van der Waals surface area contributed by atoms with Crippen molar-refractivity contribution in [1.82, 2.24) is 0 Å². The summed E-state index contributed by atoms with van der Waals surface area (Å²) in [5.41, 5.74) is 1.10. The van der Waals surface area contributed by atoms with Gasteiger partial charge in [-0.05, 0) is 12.0 Å². The summed E-state index contributed by atoms with van der Waals surface area (Å²) in [4.78, 5) is 0. The Kier molecular flexibility index (Phi) is 5.55. The van der Waals surface area contributed by atoms with Crippen molar-refractivity contribution in [3.8, 4) is 6.07 Å². The van der Waals surface area contributed by atoms with Gasteiger partial charge in [0.1, 0.15) is 0 Å². The molecule has 0 saturated carbocycles. The lowest BCUT2D eigenvalue weighted by Crippen LogP contribution is -2.19. The van der Waals surface area contributed by atoms with Crippen LogP contribution in [0, 0.1) is 11.3 Å². The van der Waals surface area contributed by atoms with Crippen molar-refractivity contribution in [2.75, 3.05) is 13.2 Å². The van der Waals surface area contributed by atoms with Crippen molar-refractivity contribution >= 4 is 0 Å². The van der Waals surface area contributed by atoms with Crippen molar-refractivity contribution in [3.05, 3.63) is 35.9 Å². The molecule has 1 rings (SSSR count). The number of aliphatic hydroxyl groups excluding tert-OH is 1. The Morgan fingerprint density at radius 1 is 1.38 bits per heavy atom. The van der Waals surface area contributed by atoms with E-state index in [4.69, 9.17) is 15.1 Å². The molecule has 86 valence electrons. The predicted molar refractivity (Wildman–Crippen MR) is 61.9 cm³/mol. The SMILES string of the molecule is CC(c1ccccc1)C(C#N)OCCCO. The van der Waals surface area contributed by atoms with Gasteiger partial charge in [0.2, 0.25) is 0 Å². The van der Waals surface area contributed by atoms with Crippen LogP contribution in [0.25, 0.3) is 0 Å². The highest BCUT2D eigenvalue weighted by Crippen LogP contribution is 2.20. The molecule has 2 atom stereocenters. The smallest absolute Gasteiger partial charge is 0.150 e. The molecule has 0 heterocycles. The fraction of sp³-hybridized carbons (Fsp3) is 0.462. The first kappa shape index (κ1) is 12.7. The fourth-order valence-corrected chi connectivity index (χ4v) is 1.50. The average Bonchev–Trinajstić information content (AvgIpc) is 2.35. The molecule has 0 aliphatic carbocycles. The van der Waals surface area contributed by atoms with Crippen LogP contribution in [-0.2, 0) is 4.74 Å². The minimum absolute atomic E-state index is 0.0462. The van der Waals surface area contributed by atoms with Crippen LogP contribution >= 0.6 is 0 Å². The number of aliphatic hydroxyl groups is 1. The van der Waals surface area contributed by atoms with E-state index in [1.807, 2.05) is 37.3 Å². The molecule has 16 heavy (non-hydrogen) atoms. The Balaban J connectivity index is 2.57. The molecule has 1 aromatic rings. The van der Waals surface area contributed by atoms with Crippen LogP contribution in [0.15, 0.2) is 30.3 Å². The molecule has 0 aliphatic rings. The second-order valence-corrected chi connectivity index (χ2v) is 3.70. The minimum atomic E-state index is -0.450. The van der Waals surface area contributed by atoms with Gasteiger partial charge in [0, 0.05) is 12.5 Å². The standard InChI is InChI=1S/C13H17NO2/c1-11(12-6-3-2-4-7-12)13(10-14)16-9-5-8-15/h2-4,6-7,11,13,15H,5,8-9H2,1H3. The Labute approximate surface area is 96.3 Å². The number of nitrogens with zero attached hydrogens (tertiary/aromatic N) is 1. The molecule has 3 nitrogen and oxygen atoms in total. The van der Waals surface area contributed by atoms with Crippen LogP contribution in [0.3, 0.4) is 0 Å². The van der Waals surface area contributed by atoms with E-state index in [0.29, 0.717) is 13.0 Å². The zero-order chi connectivity index (χ0) is 11.8. The maximum atomic E-state index is 9.02. The van der Waals surface area contributed by atoms with Gasteiger partial charge in [-0.1, -0.05) is 37.3 Å². The van der Waals surface area contributed by atoms with E-state index < -0.39 is 6.10 Å². The molecular formula is C13H17NO2. The molecule has 0 aliphatic heterocycles. The van der Waals surface area contributed by atoms with Gasteiger partial charge in [-0.2, -0.15) is 5.26 Å². The summed E-state index contributed by atoms with van der Waals surface area (Å²) >= 11 is 0. The Morgan fingerprint density at radius 3 is 2.62 bits per heavy atom. The van der Waals surface area contributed by atoms with Crippen molar-refractivity contribution < 1.29 is 9.84 Å². The van der Waals surface area contributed by atoms with Gasteiger partial charge in [0.05, 0.1) is 12.7 Å². The monoisotopic (exact) mass is 219 g/mol. The van der Waals surface area contributed by atoms with E-state index in [2.05, 4.69) is 6.07 Å². The van der Waals surface area contributed by atoms with Gasteiger partial charge in [-0.3, -0.25) is 0 Å². The zero-order valence-corrected chi connectivity index (χ0v) is 9.47. The summed E-state index contributed by atoms with van der Waals surface area (Å²) in [7, 11) is 0. The second kappa shape index (κ2) is 7.00. The molecule has 0 radical (unpaired) electrons. The average molecular weight is 219 g/mol. The number of hydrogen-bond acceptors (Lipinski definition) is 3. The molecule has 0 fully saturated rings. The number of ether oxygens (including phenoxy) is 1. The van der Waals surface area contributed by atoms with E-state index in [1.54, 1.807) is 0 Å². The lowest BCUT2D eigenvalue weighted by molar-refractivity contribution is 0.0642. The number of nitriles is 1. The van der Waals surface area contributed by atoms with Gasteiger partial charge < -0.3 is 9.84 Å². The van der Waals surface area contributed by atoms with Crippen molar-refractivity contribution in [2.45, 2.75) is 25.4 Å². The van der Waals surface area contributed by atoms with Crippen LogP contribution in [0.5, 0.6) is 0 Å². The van der Waals surface area contributed by atoms with Crippen molar-refractivity contribution in [1.29, 1.82) is 5.26 Å². The Hall–Kier alpha value is -1.37. The van der Waals surface area contributed by atoms with Crippen molar-refractivity contribution in [2.24, 2.45) is 0 Å². The number of rotatable bonds is 6. The topological polar surface area (TPSA) is 53.2 Å². The first-order valence-electron chi connectivity index (χ1n) is 5.46. The van der Waals surface area contributed by atoms with E-state index in [9.17, 15) is 0 Å². The van der Waals surface area contributed by atoms with Crippen LogP contribution in [0.4, 0.5) is 0 Å². The summed E-state index contributed by atoms with van der Waals surface area (Å²) in [6.07, 6.45) is 0.119. The molecule has 0 aromatic heterocycles. The highest BCUT2D eigenvalue weighted by molar-refractivity contribution is 5.21. The lowest BCUT2D eigenvalue weighted by atomic mass is 9.96. The third-order valence-corrected chi connectivity index (χ3v) is 2.51. The highest BCUT2D eigenvalue weighted by atomic mass is 16.5. The maximum Gasteiger partial charge on any atom is 0.150 e. The molecule has 0 spiro atoms. The largest absolute Gasteiger partial charge is 0.396 e. The van der Waals surface area contributed by atoms with Crippen LogP contribution < -0.4 is 0 Å². The summed E-state index contributed by atoms with van der Waals surface area (Å²) in [6, 6.07) is 12.0. The van der Waals surface area contributed by atoms with Crippen LogP contribution in [-0.4, -0.2) is 24.4 Å². The van der Waals surface area contributed by atoms with E-state index >= 15 is 0 Å². The third kappa shape index (κ3) is 3.65. The normalized spacial score (nSPS) is 14.1. The minimum Gasteiger partial charge on any atom is -0.396 e. The molecule has 0 amide bonds. The highest BCUT2D eigenvalue weighted by Gasteiger charge is 2.18. The summed E-state index contributed by atoms with van der Waals surface area (Å²) < 4.78 is 5.43. The Bertz CT molecular complexity index is 332. The quantitative estimate of drug-likeness (QED) is 0.745. The van der Waals surface area contributed by atoms with Gasteiger partial charge >= 0.3 is 0 Å². The molecule has 1 aromatic carbocycles. The molecule has 0 saturated heterocycles. The van der Waals surface area contributed by atoms with Crippen LogP contribution in [0.2, 0.25) is 0 Å². The molecule has 1 N–H and O–H groups in total. The number of benzene rings is 1. The van der Waals surface area contributed by atoms with E-state index in [0.717, 1.165) is 5.56 Å². The second-order valence-electron chi connectivity index (χ2n) is 3.70. The van der Waals surface area contributed by atoms with Gasteiger partial charge in [-0.25, -0.2) is 0 Å². The molecular weight excluding hydrogens is 202 g/mol. The summed E-state index contributed by atoms with van der Waals surface area (Å²) in [6.45, 7) is 2.49. The number of hydrogen-bond donors (Lipinski definition) is 1. The van der Waals surface area contributed by atoms with Gasteiger partial charge in [0.15, 0.2) is 6.10 Å². The first-order valence-corrected chi connectivity index (χ1v) is 5.46. The van der Waals surface area contributed by atoms with Gasteiger partial charge in [-0.15, -0.1) is 0 Å². The van der Waals surface area contributed by atoms with Gasteiger partial charge in [0.25, 0.3) is 0 Å². The molecule has 0 bridgehead atoms. The van der Waals surface area contributed by atoms with E-state index in [-0.39, 0.29) is 12.5 Å². The van der Waals surface area contributed by atoms with Crippen molar-refractivity contribution in [3.63, 3.8) is 0 Å². The lowest BCUT2D eigenvalue weighted by Gasteiger charge is -2.18. The summed E-state index contributed by atoms with van der Waals surface area (Å²) in [5.74, 6) is 0.0462. The predicted octanol–water partition coefficient (Wildman–Crippen LogP) is 2.08. The first-order chi connectivity index (χ1) is 7.79. The van der Waals surface area contributed by atoms with Crippen LogP contribution in [0.1, 0.15) is 24.8 Å². The fourth-order valence-electron chi connectivity index (χ4n) is 1.50. The summed E-state index contributed by atoms with van der Waals surface area (Å²) in [5, 5.41) is 17.7. The zero-order valence-electron chi connectivity index (χ0n) is 9.47. The molecule has 2 unspecified atom stereocenters. The molecule has 3 heteroatoms. The Morgan fingerprint density at radius 2 is 2.06 bits per heavy atom. The van der Waals surface area contributed by atoms with E-state index in [1.165, 1.54) is 0 Å².